The minimum absolute atomic E-state index is 0.00180. The second-order valence-electron chi connectivity index (χ2n) is 11.6. The summed E-state index contributed by atoms with van der Waals surface area (Å²) in [6.07, 6.45) is 0.463. The number of pyridine rings is 1. The maximum atomic E-state index is 15.8. The van der Waals surface area contributed by atoms with Crippen LogP contribution in [-0.4, -0.2) is 63.3 Å². The number of methoxy groups -OCH3 is 3. The van der Waals surface area contributed by atoms with Gasteiger partial charge in [0, 0.05) is 49.8 Å². The van der Waals surface area contributed by atoms with Gasteiger partial charge in [0.1, 0.15) is 5.56 Å². The summed E-state index contributed by atoms with van der Waals surface area (Å²) >= 11 is 6.01. The molecular weight excluding hydrogens is 608 g/mol. The van der Waals surface area contributed by atoms with Gasteiger partial charge in [-0.05, 0) is 56.1 Å². The largest absolute Gasteiger partial charge is 0.465 e. The number of rotatable bonds is 12. The minimum atomic E-state index is -4.88. The van der Waals surface area contributed by atoms with E-state index in [2.05, 4.69) is 11.9 Å². The van der Waals surface area contributed by atoms with Crippen molar-refractivity contribution in [1.29, 1.82) is 0 Å². The standard InChI is InChI=1S/C31H37ClF4N2O6/c1-18-5-7-19(8-6-18)28(39)38(21(15-41-2)16-42-3)25-13-24(33)26(12-22(25)29(40)43-4)44-27-23(31(34,35)36)11-20(14-37-27)30(17-32)9-10-30/h11-14,18-19,21H,5-10,15-17H2,1-4H3. The van der Waals surface area contributed by atoms with E-state index >= 15 is 4.39 Å². The Kier molecular flexibility index (Phi) is 10.8. The van der Waals surface area contributed by atoms with Crippen LogP contribution >= 0.6 is 11.6 Å². The minimum Gasteiger partial charge on any atom is -0.465 e. The van der Waals surface area contributed by atoms with E-state index in [1.807, 2.05) is 0 Å². The number of amides is 1. The van der Waals surface area contributed by atoms with Crippen molar-refractivity contribution in [2.24, 2.45) is 11.8 Å². The Morgan fingerprint density at radius 2 is 1.70 bits per heavy atom. The molecule has 2 aliphatic carbocycles. The molecule has 0 unspecified atom stereocenters. The van der Waals surface area contributed by atoms with Crippen LogP contribution in [0, 0.1) is 17.7 Å². The number of anilines is 1. The van der Waals surface area contributed by atoms with Gasteiger partial charge in [0.25, 0.3) is 0 Å². The van der Waals surface area contributed by atoms with Gasteiger partial charge in [-0.2, -0.15) is 13.2 Å². The van der Waals surface area contributed by atoms with Crippen molar-refractivity contribution in [2.75, 3.05) is 45.3 Å². The summed E-state index contributed by atoms with van der Waals surface area (Å²) < 4.78 is 79.1. The third kappa shape index (κ3) is 7.29. The van der Waals surface area contributed by atoms with Gasteiger partial charge in [-0.1, -0.05) is 6.92 Å². The van der Waals surface area contributed by atoms with E-state index in [0.717, 1.165) is 38.2 Å². The second-order valence-corrected chi connectivity index (χ2v) is 11.9. The summed E-state index contributed by atoms with van der Waals surface area (Å²) in [7, 11) is 3.96. The zero-order valence-corrected chi connectivity index (χ0v) is 25.9. The van der Waals surface area contributed by atoms with Crippen molar-refractivity contribution in [3.8, 4) is 11.6 Å². The van der Waals surface area contributed by atoms with Crippen LogP contribution in [0.2, 0.25) is 0 Å². The molecule has 1 aromatic carbocycles. The lowest BCUT2D eigenvalue weighted by atomic mass is 9.82. The van der Waals surface area contributed by atoms with Gasteiger partial charge in [-0.3, -0.25) is 4.79 Å². The Labute approximate surface area is 258 Å². The molecule has 242 valence electrons. The highest BCUT2D eigenvalue weighted by molar-refractivity contribution is 6.19. The van der Waals surface area contributed by atoms with Crippen LogP contribution in [0.3, 0.4) is 0 Å². The van der Waals surface area contributed by atoms with Gasteiger partial charge in [-0.15, -0.1) is 11.6 Å². The highest BCUT2D eigenvalue weighted by Gasteiger charge is 2.46. The van der Waals surface area contributed by atoms with Gasteiger partial charge >= 0.3 is 12.1 Å². The Morgan fingerprint density at radius 3 is 2.23 bits per heavy atom. The normalized spacial score (nSPS) is 19.5. The van der Waals surface area contributed by atoms with Crippen molar-refractivity contribution in [2.45, 2.75) is 63.1 Å². The van der Waals surface area contributed by atoms with Gasteiger partial charge in [0.15, 0.2) is 11.6 Å². The van der Waals surface area contributed by atoms with Crippen LogP contribution in [0.5, 0.6) is 11.6 Å². The first-order valence-electron chi connectivity index (χ1n) is 14.4. The van der Waals surface area contributed by atoms with Crippen molar-refractivity contribution >= 4 is 29.2 Å². The molecule has 0 spiro atoms. The van der Waals surface area contributed by atoms with Crippen LogP contribution in [-0.2, 0) is 30.6 Å². The lowest BCUT2D eigenvalue weighted by molar-refractivity contribution is -0.139. The lowest BCUT2D eigenvalue weighted by Crippen LogP contribution is -2.49. The number of hydrogen-bond donors (Lipinski definition) is 0. The van der Waals surface area contributed by atoms with Crippen LogP contribution < -0.4 is 9.64 Å². The molecule has 1 amide bonds. The number of alkyl halides is 4. The van der Waals surface area contributed by atoms with E-state index in [1.165, 1.54) is 25.3 Å². The summed E-state index contributed by atoms with van der Waals surface area (Å²) in [5, 5.41) is 0. The quantitative estimate of drug-likeness (QED) is 0.141. The van der Waals surface area contributed by atoms with Crippen molar-refractivity contribution in [1.82, 2.24) is 4.98 Å². The molecule has 1 heterocycles. The Hall–Kier alpha value is -2.96. The zero-order chi connectivity index (χ0) is 32.2. The van der Waals surface area contributed by atoms with E-state index in [0.29, 0.717) is 37.2 Å². The molecule has 0 atom stereocenters. The van der Waals surface area contributed by atoms with Gasteiger partial charge in [0.05, 0.1) is 37.6 Å². The number of carbonyl (C=O) groups excluding carboxylic acids is 2. The molecule has 8 nitrogen and oxygen atoms in total. The van der Waals surface area contributed by atoms with E-state index < -0.39 is 52.5 Å². The zero-order valence-electron chi connectivity index (χ0n) is 25.1. The summed E-state index contributed by atoms with van der Waals surface area (Å²) in [5.74, 6) is -3.82. The Morgan fingerprint density at radius 1 is 1.07 bits per heavy atom. The van der Waals surface area contributed by atoms with Crippen molar-refractivity contribution in [3.05, 3.63) is 46.9 Å². The van der Waals surface area contributed by atoms with Crippen molar-refractivity contribution in [3.63, 3.8) is 0 Å². The number of nitrogens with zero attached hydrogens (tertiary/aromatic N) is 2. The highest BCUT2D eigenvalue weighted by atomic mass is 35.5. The Balaban J connectivity index is 1.80. The number of carbonyl (C=O) groups is 2. The Bertz CT molecular complexity index is 1340. The molecule has 2 aromatic rings. The first-order valence-corrected chi connectivity index (χ1v) is 15.0. The fraction of sp³-hybridized carbons (Fsp3) is 0.581. The van der Waals surface area contributed by atoms with E-state index in [-0.39, 0.29) is 36.3 Å². The monoisotopic (exact) mass is 644 g/mol. The summed E-state index contributed by atoms with van der Waals surface area (Å²) in [5.41, 5.74) is -1.92. The number of benzene rings is 1. The molecule has 4 rings (SSSR count). The second kappa shape index (κ2) is 14.0. The van der Waals surface area contributed by atoms with Crippen LogP contribution in [0.25, 0.3) is 0 Å². The van der Waals surface area contributed by atoms with E-state index in [1.54, 1.807) is 0 Å². The molecule has 0 N–H and O–H groups in total. The molecule has 2 fully saturated rings. The third-order valence-electron chi connectivity index (χ3n) is 8.49. The summed E-state index contributed by atoms with van der Waals surface area (Å²) in [6.45, 7) is 2.10. The summed E-state index contributed by atoms with van der Waals surface area (Å²) in [6, 6.07) is 1.97. The maximum absolute atomic E-state index is 15.8. The average molecular weight is 645 g/mol. The maximum Gasteiger partial charge on any atom is 0.421 e. The van der Waals surface area contributed by atoms with Crippen molar-refractivity contribution < 1.29 is 46.1 Å². The van der Waals surface area contributed by atoms with Crippen LogP contribution in [0.1, 0.15) is 66.9 Å². The first kappa shape index (κ1) is 33.9. The lowest BCUT2D eigenvalue weighted by Gasteiger charge is -2.36. The highest BCUT2D eigenvalue weighted by Crippen LogP contribution is 2.51. The fourth-order valence-electron chi connectivity index (χ4n) is 5.66. The topological polar surface area (TPSA) is 87.2 Å². The molecule has 0 saturated heterocycles. The molecule has 0 radical (unpaired) electrons. The SMILES string of the molecule is COCC(COC)N(C(=O)C1CCC(C)CC1)c1cc(F)c(Oc2ncc(C3(CCl)CC3)cc2C(F)(F)F)cc1C(=O)OC. The van der Waals surface area contributed by atoms with E-state index in [4.69, 9.17) is 30.5 Å². The van der Waals surface area contributed by atoms with Crippen LogP contribution in [0.15, 0.2) is 24.4 Å². The average Bonchev–Trinajstić information content (AvgIpc) is 3.79. The number of aromatic nitrogens is 1. The predicted octanol–water partition coefficient (Wildman–Crippen LogP) is 6.91. The predicted molar refractivity (Wildman–Crippen MR) is 155 cm³/mol. The molecule has 2 saturated carbocycles. The number of ether oxygens (including phenoxy) is 4. The summed E-state index contributed by atoms with van der Waals surface area (Å²) in [4.78, 5) is 32.2. The molecule has 0 aliphatic heterocycles. The van der Waals surface area contributed by atoms with E-state index in [9.17, 15) is 22.8 Å². The molecule has 13 heteroatoms. The first-order chi connectivity index (χ1) is 20.9. The fourth-order valence-corrected chi connectivity index (χ4v) is 6.08. The molecule has 0 bridgehead atoms. The van der Waals surface area contributed by atoms with Gasteiger partial charge in [0.2, 0.25) is 11.8 Å². The number of esters is 1. The van der Waals surface area contributed by atoms with Crippen LogP contribution in [0.4, 0.5) is 23.2 Å². The number of halogens is 5. The molecule has 1 aromatic heterocycles. The van der Waals surface area contributed by atoms with Gasteiger partial charge in [-0.25, -0.2) is 14.2 Å². The smallest absolute Gasteiger partial charge is 0.421 e. The van der Waals surface area contributed by atoms with Gasteiger partial charge < -0.3 is 23.8 Å². The molecular formula is C31H37ClF4N2O6. The molecule has 44 heavy (non-hydrogen) atoms. The number of hydrogen-bond acceptors (Lipinski definition) is 7. The third-order valence-corrected chi connectivity index (χ3v) is 9.00. The molecule has 2 aliphatic rings.